The molecule has 100 valence electrons. The number of nitrogens with zero attached hydrogens (tertiary/aromatic N) is 2. The van der Waals surface area contributed by atoms with E-state index in [0.29, 0.717) is 10.9 Å². The largest absolute Gasteiger partial charge is 0.347 e. The van der Waals surface area contributed by atoms with Gasteiger partial charge in [-0.05, 0) is 19.4 Å². The number of hydrogen-bond donors (Lipinski definition) is 0. The Labute approximate surface area is 111 Å². The molecule has 2 rings (SSSR count). The number of aromatic nitrogens is 1. The van der Waals surface area contributed by atoms with Crippen LogP contribution in [0, 0.1) is 10.1 Å². The molecule has 0 radical (unpaired) electrons. The van der Waals surface area contributed by atoms with E-state index in [4.69, 9.17) is 0 Å². The number of Topliss-reactive ketones (excluding diaryl/α,β-unsaturated/α-hetero) is 1. The van der Waals surface area contributed by atoms with E-state index in [9.17, 15) is 14.9 Å². The molecule has 0 amide bonds. The van der Waals surface area contributed by atoms with Crippen LogP contribution in [0.4, 0.5) is 5.69 Å². The quantitative estimate of drug-likeness (QED) is 0.469. The third-order valence-electron chi connectivity index (χ3n) is 3.21. The molecule has 0 N–H and O–H groups in total. The molecule has 5 heteroatoms. The molecule has 0 aliphatic heterocycles. The number of nitro benzene ring substituents is 1. The van der Waals surface area contributed by atoms with Crippen molar-refractivity contribution < 1.29 is 9.72 Å². The summed E-state index contributed by atoms with van der Waals surface area (Å²) in [6.07, 6.45) is 3.87. The normalized spacial score (nSPS) is 10.8. The van der Waals surface area contributed by atoms with Crippen molar-refractivity contribution in [2.45, 2.75) is 33.2 Å². The number of hydrogen-bond acceptors (Lipinski definition) is 3. The molecule has 0 bridgehead atoms. The lowest BCUT2D eigenvalue weighted by molar-refractivity contribution is -0.384. The lowest BCUT2D eigenvalue weighted by atomic mass is 10.1. The Balaban J connectivity index is 2.61. The van der Waals surface area contributed by atoms with E-state index < -0.39 is 4.92 Å². The van der Waals surface area contributed by atoms with Crippen LogP contribution in [0.2, 0.25) is 0 Å². The number of aryl methyl sites for hydroxylation is 1. The molecular weight excluding hydrogens is 244 g/mol. The Morgan fingerprint density at radius 2 is 2.16 bits per heavy atom. The first-order valence-electron chi connectivity index (χ1n) is 6.32. The first-order valence-corrected chi connectivity index (χ1v) is 6.32. The van der Waals surface area contributed by atoms with Crippen LogP contribution in [0.25, 0.3) is 10.9 Å². The number of carbonyl (C=O) groups is 1. The highest BCUT2D eigenvalue weighted by Gasteiger charge is 2.15. The third-order valence-corrected chi connectivity index (χ3v) is 3.21. The highest BCUT2D eigenvalue weighted by atomic mass is 16.6. The average molecular weight is 260 g/mol. The van der Waals surface area contributed by atoms with Crippen molar-refractivity contribution in [1.82, 2.24) is 4.57 Å². The summed E-state index contributed by atoms with van der Waals surface area (Å²) in [6, 6.07) is 4.68. The standard InChI is InChI=1S/C14H16N2O3/c1-3-4-7-15-9-13(10(2)17)12-8-11(16(18)19)5-6-14(12)15/h5-6,8-9H,3-4,7H2,1-2H3. The van der Waals surface area contributed by atoms with E-state index >= 15 is 0 Å². The SMILES string of the molecule is CCCCn1cc(C(C)=O)c2cc([N+](=O)[O-])ccc21. The third kappa shape index (κ3) is 2.50. The van der Waals surface area contributed by atoms with Crippen LogP contribution in [-0.2, 0) is 6.54 Å². The fourth-order valence-electron chi connectivity index (χ4n) is 2.19. The Morgan fingerprint density at radius 1 is 1.42 bits per heavy atom. The Bertz CT molecular complexity index is 643. The number of nitro groups is 1. The predicted octanol–water partition coefficient (Wildman–Crippen LogP) is 3.55. The van der Waals surface area contributed by atoms with Gasteiger partial charge < -0.3 is 4.57 Å². The average Bonchev–Trinajstić information content (AvgIpc) is 2.74. The van der Waals surface area contributed by atoms with Crippen molar-refractivity contribution in [3.8, 4) is 0 Å². The maximum absolute atomic E-state index is 11.6. The van der Waals surface area contributed by atoms with Gasteiger partial charge in [-0.25, -0.2) is 0 Å². The molecule has 0 saturated carbocycles. The molecule has 0 aliphatic carbocycles. The van der Waals surface area contributed by atoms with Crippen LogP contribution >= 0.6 is 0 Å². The molecule has 0 saturated heterocycles. The Morgan fingerprint density at radius 3 is 2.74 bits per heavy atom. The van der Waals surface area contributed by atoms with Crippen molar-refractivity contribution in [2.75, 3.05) is 0 Å². The summed E-state index contributed by atoms with van der Waals surface area (Å²) in [5, 5.41) is 11.5. The van der Waals surface area contributed by atoms with E-state index in [2.05, 4.69) is 6.92 Å². The Kier molecular flexibility index (Phi) is 3.64. The maximum atomic E-state index is 11.6. The fraction of sp³-hybridized carbons (Fsp3) is 0.357. The summed E-state index contributed by atoms with van der Waals surface area (Å²) in [5.74, 6) is -0.0688. The number of benzene rings is 1. The smallest absolute Gasteiger partial charge is 0.270 e. The molecule has 0 unspecified atom stereocenters. The number of rotatable bonds is 5. The van der Waals surface area contributed by atoms with E-state index in [-0.39, 0.29) is 11.5 Å². The van der Waals surface area contributed by atoms with Gasteiger partial charge in [-0.1, -0.05) is 13.3 Å². The summed E-state index contributed by atoms with van der Waals surface area (Å²) >= 11 is 0. The van der Waals surface area contributed by atoms with Gasteiger partial charge in [-0.15, -0.1) is 0 Å². The molecule has 1 aromatic carbocycles. The minimum atomic E-state index is -0.438. The van der Waals surface area contributed by atoms with Gasteiger partial charge in [0.05, 0.1) is 4.92 Å². The lowest BCUT2D eigenvalue weighted by Gasteiger charge is -2.03. The first-order chi connectivity index (χ1) is 9.04. The minimum absolute atomic E-state index is 0.0169. The van der Waals surface area contributed by atoms with Crippen molar-refractivity contribution in [2.24, 2.45) is 0 Å². The summed E-state index contributed by atoms with van der Waals surface area (Å²) < 4.78 is 2.00. The summed E-state index contributed by atoms with van der Waals surface area (Å²) in [4.78, 5) is 22.0. The lowest BCUT2D eigenvalue weighted by Crippen LogP contribution is -1.95. The van der Waals surface area contributed by atoms with Crippen LogP contribution in [0.3, 0.4) is 0 Å². The summed E-state index contributed by atoms with van der Waals surface area (Å²) in [6.45, 7) is 4.40. The van der Waals surface area contributed by atoms with Gasteiger partial charge >= 0.3 is 0 Å². The van der Waals surface area contributed by atoms with E-state index in [1.54, 1.807) is 12.3 Å². The zero-order chi connectivity index (χ0) is 14.0. The summed E-state index contributed by atoms with van der Waals surface area (Å²) in [5.41, 5.74) is 1.45. The van der Waals surface area contributed by atoms with Gasteiger partial charge in [0.1, 0.15) is 0 Å². The van der Waals surface area contributed by atoms with E-state index in [1.165, 1.54) is 19.1 Å². The summed E-state index contributed by atoms with van der Waals surface area (Å²) in [7, 11) is 0. The minimum Gasteiger partial charge on any atom is -0.347 e. The molecular formula is C14H16N2O3. The van der Waals surface area contributed by atoms with Crippen molar-refractivity contribution in [3.63, 3.8) is 0 Å². The van der Waals surface area contributed by atoms with E-state index in [1.807, 2.05) is 4.57 Å². The monoisotopic (exact) mass is 260 g/mol. The van der Waals surface area contributed by atoms with Gasteiger partial charge in [-0.2, -0.15) is 0 Å². The zero-order valence-electron chi connectivity index (χ0n) is 11.0. The molecule has 1 aromatic heterocycles. The van der Waals surface area contributed by atoms with E-state index in [0.717, 1.165) is 24.9 Å². The second-order valence-corrected chi connectivity index (χ2v) is 4.60. The van der Waals surface area contributed by atoms with Crippen LogP contribution in [0.1, 0.15) is 37.0 Å². The predicted molar refractivity (Wildman–Crippen MR) is 73.5 cm³/mol. The molecule has 5 nitrogen and oxygen atoms in total. The maximum Gasteiger partial charge on any atom is 0.270 e. The zero-order valence-corrected chi connectivity index (χ0v) is 11.0. The number of unbranched alkanes of at least 4 members (excludes halogenated alkanes) is 1. The van der Waals surface area contributed by atoms with Crippen molar-refractivity contribution in [1.29, 1.82) is 0 Å². The molecule has 0 atom stereocenters. The van der Waals surface area contributed by atoms with Crippen molar-refractivity contribution in [3.05, 3.63) is 40.1 Å². The van der Waals surface area contributed by atoms with Gasteiger partial charge in [0.2, 0.25) is 0 Å². The highest BCUT2D eigenvalue weighted by Crippen LogP contribution is 2.26. The molecule has 19 heavy (non-hydrogen) atoms. The fourth-order valence-corrected chi connectivity index (χ4v) is 2.19. The number of carbonyl (C=O) groups excluding carboxylic acids is 1. The van der Waals surface area contributed by atoms with Gasteiger partial charge in [0, 0.05) is 41.3 Å². The van der Waals surface area contributed by atoms with Crippen LogP contribution in [0.5, 0.6) is 0 Å². The van der Waals surface area contributed by atoms with Crippen LogP contribution in [0.15, 0.2) is 24.4 Å². The number of fused-ring (bicyclic) bond motifs is 1. The van der Waals surface area contributed by atoms with Crippen LogP contribution < -0.4 is 0 Å². The van der Waals surface area contributed by atoms with Crippen LogP contribution in [-0.4, -0.2) is 15.3 Å². The molecule has 2 aromatic rings. The molecule has 0 spiro atoms. The van der Waals surface area contributed by atoms with Gasteiger partial charge in [-0.3, -0.25) is 14.9 Å². The molecule has 0 fully saturated rings. The molecule has 1 heterocycles. The molecule has 0 aliphatic rings. The highest BCUT2D eigenvalue weighted by molar-refractivity contribution is 6.07. The topological polar surface area (TPSA) is 65.1 Å². The Hall–Kier alpha value is -2.17. The van der Waals surface area contributed by atoms with Gasteiger partial charge in [0.15, 0.2) is 5.78 Å². The van der Waals surface area contributed by atoms with Gasteiger partial charge in [0.25, 0.3) is 5.69 Å². The van der Waals surface area contributed by atoms with Crippen molar-refractivity contribution >= 4 is 22.4 Å². The second-order valence-electron chi connectivity index (χ2n) is 4.60. The first kappa shape index (κ1) is 13.3. The number of non-ortho nitro benzene ring substituents is 1. The number of ketones is 1. The second kappa shape index (κ2) is 5.22.